The number of likely N-dealkylation sites (tertiary alicyclic amines) is 1. The molecule has 1 amide bonds. The Balaban J connectivity index is 1.39. The number of halogens is 1. The molecule has 1 aliphatic carbocycles. The predicted molar refractivity (Wildman–Crippen MR) is 102 cm³/mol. The number of pyridine rings is 1. The summed E-state index contributed by atoms with van der Waals surface area (Å²) in [5.74, 6) is -0.190. The molecule has 1 fully saturated rings. The molecule has 0 bridgehead atoms. The Bertz CT molecular complexity index is 854. The number of nitrogens with one attached hydrogen (secondary N) is 2. The van der Waals surface area contributed by atoms with Gasteiger partial charge in [0.05, 0.1) is 5.56 Å². The summed E-state index contributed by atoms with van der Waals surface area (Å²) < 4.78 is 0. The zero-order chi connectivity index (χ0) is 18.1. The van der Waals surface area contributed by atoms with Crippen LogP contribution in [0, 0.1) is 0 Å². The van der Waals surface area contributed by atoms with E-state index in [4.69, 9.17) is 11.6 Å². The van der Waals surface area contributed by atoms with Gasteiger partial charge in [0.2, 0.25) is 0 Å². The summed E-state index contributed by atoms with van der Waals surface area (Å²) in [6, 6.07) is 10.7. The van der Waals surface area contributed by atoms with Gasteiger partial charge in [0.15, 0.2) is 0 Å². The highest BCUT2D eigenvalue weighted by Gasteiger charge is 2.31. The molecule has 26 heavy (non-hydrogen) atoms. The third-order valence-electron chi connectivity index (χ3n) is 5.45. The Hall–Kier alpha value is -2.11. The van der Waals surface area contributed by atoms with E-state index < -0.39 is 0 Å². The van der Waals surface area contributed by atoms with E-state index in [9.17, 15) is 9.59 Å². The third kappa shape index (κ3) is 3.55. The van der Waals surface area contributed by atoms with Crippen molar-refractivity contribution in [1.29, 1.82) is 0 Å². The van der Waals surface area contributed by atoms with E-state index in [2.05, 4.69) is 39.5 Å². The fourth-order valence-corrected chi connectivity index (χ4v) is 4.28. The fourth-order valence-electron chi connectivity index (χ4n) is 4.11. The first-order valence-corrected chi connectivity index (χ1v) is 9.48. The molecule has 2 N–H and O–H groups in total. The predicted octanol–water partition coefficient (Wildman–Crippen LogP) is 2.39. The van der Waals surface area contributed by atoms with Crippen molar-refractivity contribution >= 4 is 17.5 Å². The Morgan fingerprint density at radius 1 is 1.23 bits per heavy atom. The summed E-state index contributed by atoms with van der Waals surface area (Å²) in [5.41, 5.74) is 2.91. The summed E-state index contributed by atoms with van der Waals surface area (Å²) in [4.78, 5) is 28.8. The van der Waals surface area contributed by atoms with Gasteiger partial charge in [0.25, 0.3) is 11.5 Å². The molecule has 136 valence electrons. The number of carbonyl (C=O) groups excluding carboxylic acids is 1. The van der Waals surface area contributed by atoms with Crippen LogP contribution in [0.1, 0.15) is 34.3 Å². The number of aromatic nitrogens is 1. The quantitative estimate of drug-likeness (QED) is 0.870. The summed E-state index contributed by atoms with van der Waals surface area (Å²) in [5, 5.41) is 3.13. The van der Waals surface area contributed by atoms with Gasteiger partial charge < -0.3 is 10.3 Å². The van der Waals surface area contributed by atoms with Gasteiger partial charge in [-0.2, -0.15) is 0 Å². The lowest BCUT2D eigenvalue weighted by Crippen LogP contribution is -2.51. The van der Waals surface area contributed by atoms with E-state index in [1.165, 1.54) is 23.4 Å². The zero-order valence-corrected chi connectivity index (χ0v) is 15.3. The maximum Gasteiger partial charge on any atom is 0.266 e. The standard InChI is InChI=1S/C20H22ClN3O2/c21-18-10-15(11-22-20(18)26)19(25)23-16-6-3-7-24(12-16)17-8-13-4-1-2-5-14(13)9-17/h1-2,4-5,10-11,16-17H,3,6-9,12H2,(H,22,26)(H,23,25)/t16-/m0/s1. The molecule has 1 aromatic carbocycles. The van der Waals surface area contributed by atoms with Gasteiger partial charge in [0, 0.05) is 24.8 Å². The lowest BCUT2D eigenvalue weighted by atomic mass is 10.0. The number of H-pyrrole nitrogens is 1. The van der Waals surface area contributed by atoms with Gasteiger partial charge in [-0.3, -0.25) is 14.5 Å². The van der Waals surface area contributed by atoms with Gasteiger partial charge in [-0.15, -0.1) is 0 Å². The molecule has 5 nitrogen and oxygen atoms in total. The highest BCUT2D eigenvalue weighted by Crippen LogP contribution is 2.27. The van der Waals surface area contributed by atoms with Crippen molar-refractivity contribution < 1.29 is 4.79 Å². The fraction of sp³-hybridized carbons (Fsp3) is 0.400. The largest absolute Gasteiger partial charge is 0.348 e. The second-order valence-corrected chi connectivity index (χ2v) is 7.61. The summed E-state index contributed by atoms with van der Waals surface area (Å²) >= 11 is 5.82. The molecule has 1 saturated heterocycles. The van der Waals surface area contributed by atoms with Crippen LogP contribution >= 0.6 is 11.6 Å². The summed E-state index contributed by atoms with van der Waals surface area (Å²) in [6.45, 7) is 1.94. The second-order valence-electron chi connectivity index (χ2n) is 7.20. The molecular weight excluding hydrogens is 350 g/mol. The molecule has 2 heterocycles. The first-order chi connectivity index (χ1) is 12.6. The van der Waals surface area contributed by atoms with Crippen LogP contribution in [0.25, 0.3) is 0 Å². The van der Waals surface area contributed by atoms with Gasteiger partial charge in [-0.1, -0.05) is 35.9 Å². The zero-order valence-electron chi connectivity index (χ0n) is 14.5. The van der Waals surface area contributed by atoms with Crippen molar-refractivity contribution in [3.05, 3.63) is 68.6 Å². The first-order valence-electron chi connectivity index (χ1n) is 9.10. The van der Waals surface area contributed by atoms with Gasteiger partial charge in [-0.25, -0.2) is 0 Å². The minimum Gasteiger partial charge on any atom is -0.348 e. The Morgan fingerprint density at radius 2 is 1.96 bits per heavy atom. The van der Waals surface area contributed by atoms with E-state index >= 15 is 0 Å². The average molecular weight is 372 g/mol. The molecule has 0 saturated carbocycles. The maximum atomic E-state index is 12.5. The lowest BCUT2D eigenvalue weighted by molar-refractivity contribution is 0.0876. The minimum absolute atomic E-state index is 0.0339. The number of hydrogen-bond acceptors (Lipinski definition) is 3. The number of hydrogen-bond donors (Lipinski definition) is 2. The Kier molecular flexibility index (Phi) is 4.83. The molecule has 1 aliphatic heterocycles. The summed E-state index contributed by atoms with van der Waals surface area (Å²) in [7, 11) is 0. The normalized spacial score (nSPS) is 20.7. The third-order valence-corrected chi connectivity index (χ3v) is 5.73. The number of rotatable bonds is 3. The highest BCUT2D eigenvalue weighted by atomic mass is 35.5. The smallest absolute Gasteiger partial charge is 0.266 e. The summed E-state index contributed by atoms with van der Waals surface area (Å²) in [6.07, 6.45) is 5.64. The number of aromatic amines is 1. The number of fused-ring (bicyclic) bond motifs is 1. The molecule has 0 spiro atoms. The van der Waals surface area contributed by atoms with E-state index in [0.717, 1.165) is 38.8 Å². The van der Waals surface area contributed by atoms with Crippen LogP contribution in [-0.2, 0) is 12.8 Å². The van der Waals surface area contributed by atoms with Crippen LogP contribution in [0.5, 0.6) is 0 Å². The van der Waals surface area contributed by atoms with Crippen molar-refractivity contribution in [2.45, 2.75) is 37.8 Å². The molecule has 6 heteroatoms. The van der Waals surface area contributed by atoms with Crippen molar-refractivity contribution in [2.75, 3.05) is 13.1 Å². The molecule has 1 atom stereocenters. The monoisotopic (exact) mass is 371 g/mol. The SMILES string of the molecule is O=C(N[C@H]1CCCN(C2Cc3ccccc3C2)C1)c1c[nH]c(=O)c(Cl)c1. The van der Waals surface area contributed by atoms with Crippen molar-refractivity contribution in [3.8, 4) is 0 Å². The van der Waals surface area contributed by atoms with Crippen LogP contribution in [0.2, 0.25) is 5.02 Å². The average Bonchev–Trinajstić information content (AvgIpc) is 3.08. The molecule has 2 aromatic rings. The highest BCUT2D eigenvalue weighted by molar-refractivity contribution is 6.30. The van der Waals surface area contributed by atoms with Crippen molar-refractivity contribution in [3.63, 3.8) is 0 Å². The van der Waals surface area contributed by atoms with Gasteiger partial charge >= 0.3 is 0 Å². The second kappa shape index (κ2) is 7.25. The van der Waals surface area contributed by atoms with Crippen LogP contribution in [-0.4, -0.2) is 41.0 Å². The Morgan fingerprint density at radius 3 is 2.65 bits per heavy atom. The van der Waals surface area contributed by atoms with Crippen molar-refractivity contribution in [1.82, 2.24) is 15.2 Å². The van der Waals surface area contributed by atoms with Crippen LogP contribution in [0.4, 0.5) is 0 Å². The number of piperidine rings is 1. The van der Waals surface area contributed by atoms with E-state index in [0.29, 0.717) is 11.6 Å². The van der Waals surface area contributed by atoms with Gasteiger partial charge in [-0.05, 0) is 49.4 Å². The van der Waals surface area contributed by atoms with Crippen molar-refractivity contribution in [2.24, 2.45) is 0 Å². The maximum absolute atomic E-state index is 12.5. The molecule has 1 aromatic heterocycles. The molecule has 0 radical (unpaired) electrons. The number of nitrogens with zero attached hydrogens (tertiary/aromatic N) is 1. The van der Waals surface area contributed by atoms with Crippen LogP contribution in [0.3, 0.4) is 0 Å². The molecule has 2 aliphatic rings. The molecule has 4 rings (SSSR count). The minimum atomic E-state index is -0.382. The van der Waals surface area contributed by atoms with Crippen LogP contribution < -0.4 is 10.9 Å². The van der Waals surface area contributed by atoms with E-state index in [1.54, 1.807) is 0 Å². The Labute approximate surface area is 157 Å². The van der Waals surface area contributed by atoms with E-state index in [1.807, 2.05) is 0 Å². The van der Waals surface area contributed by atoms with E-state index in [-0.39, 0.29) is 22.5 Å². The number of benzene rings is 1. The molecule has 0 unspecified atom stereocenters. The topological polar surface area (TPSA) is 65.2 Å². The lowest BCUT2D eigenvalue weighted by Gasteiger charge is -2.37. The number of carbonyl (C=O) groups is 1. The van der Waals surface area contributed by atoms with Gasteiger partial charge in [0.1, 0.15) is 5.02 Å². The molecular formula is C20H22ClN3O2. The number of amides is 1. The first kappa shape index (κ1) is 17.3. The van der Waals surface area contributed by atoms with Crippen LogP contribution in [0.15, 0.2) is 41.3 Å².